The summed E-state index contributed by atoms with van der Waals surface area (Å²) in [7, 11) is 0. The van der Waals surface area contributed by atoms with E-state index in [1.165, 1.54) is 16.9 Å². The molecule has 0 spiro atoms. The van der Waals surface area contributed by atoms with Crippen LogP contribution in [0.5, 0.6) is 0 Å². The van der Waals surface area contributed by atoms with E-state index >= 15 is 0 Å². The van der Waals surface area contributed by atoms with Crippen LogP contribution in [0.25, 0.3) is 0 Å². The van der Waals surface area contributed by atoms with Gasteiger partial charge in [-0.25, -0.2) is 0 Å². The van der Waals surface area contributed by atoms with Crippen LogP contribution in [0.3, 0.4) is 0 Å². The van der Waals surface area contributed by atoms with E-state index in [2.05, 4.69) is 30.1 Å². The van der Waals surface area contributed by atoms with Crippen LogP contribution in [0.2, 0.25) is 0 Å². The summed E-state index contributed by atoms with van der Waals surface area (Å²) in [6.07, 6.45) is 9.23. The van der Waals surface area contributed by atoms with Crippen molar-refractivity contribution < 1.29 is 0 Å². The maximum absolute atomic E-state index is 4.24. The van der Waals surface area contributed by atoms with Crippen molar-refractivity contribution in [1.29, 1.82) is 0 Å². The molecule has 0 aromatic heterocycles. The molecule has 1 heterocycles. The summed E-state index contributed by atoms with van der Waals surface area (Å²) in [6, 6.07) is 0. The monoisotopic (exact) mass is 131 g/mol. The van der Waals surface area contributed by atoms with E-state index in [0.717, 1.165) is 6.42 Å². The third-order valence-electron chi connectivity index (χ3n) is 1.81. The largest absolute Gasteiger partial charge is 0.260 e. The van der Waals surface area contributed by atoms with E-state index in [0.29, 0.717) is 0 Å². The van der Waals surface area contributed by atoms with E-state index in [1.807, 2.05) is 6.20 Å². The van der Waals surface area contributed by atoms with Crippen molar-refractivity contribution in [2.45, 2.75) is 13.3 Å². The molecule has 0 atom stereocenters. The first-order valence-corrected chi connectivity index (χ1v) is 3.47. The fourth-order valence-corrected chi connectivity index (χ4v) is 1.23. The molecular formula is C9H9N. The Morgan fingerprint density at radius 3 is 3.20 bits per heavy atom. The molecule has 1 heteroatoms. The standard InChI is InChI=1S/C9H9N/c1-7-2-3-8-4-5-10-9(8)6-7/h2-5H,6H2,1H3. The van der Waals surface area contributed by atoms with E-state index < -0.39 is 0 Å². The molecule has 1 nitrogen and oxygen atoms in total. The minimum atomic E-state index is 1.03. The van der Waals surface area contributed by atoms with E-state index in [9.17, 15) is 0 Å². The molecule has 2 rings (SSSR count). The van der Waals surface area contributed by atoms with Gasteiger partial charge in [0.15, 0.2) is 0 Å². The zero-order chi connectivity index (χ0) is 6.97. The van der Waals surface area contributed by atoms with Crippen LogP contribution >= 0.6 is 0 Å². The zero-order valence-corrected chi connectivity index (χ0v) is 5.96. The molecule has 0 saturated heterocycles. The molecule has 0 aromatic rings. The number of aliphatic imine (C=N–C) groups is 1. The minimum Gasteiger partial charge on any atom is -0.260 e. The van der Waals surface area contributed by atoms with Gasteiger partial charge in [0.2, 0.25) is 0 Å². The lowest BCUT2D eigenvalue weighted by Gasteiger charge is -2.07. The van der Waals surface area contributed by atoms with Gasteiger partial charge < -0.3 is 0 Å². The summed E-state index contributed by atoms with van der Waals surface area (Å²) in [4.78, 5) is 4.24. The first-order valence-electron chi connectivity index (χ1n) is 3.47. The highest BCUT2D eigenvalue weighted by molar-refractivity contribution is 6.07. The Bertz CT molecular complexity index is 277. The SMILES string of the molecule is CC1=CC=C2C=CN=C2C1. The molecule has 0 fully saturated rings. The maximum Gasteiger partial charge on any atom is 0.0516 e. The number of hydrogen-bond donors (Lipinski definition) is 0. The first kappa shape index (κ1) is 5.66. The highest BCUT2D eigenvalue weighted by Crippen LogP contribution is 2.20. The highest BCUT2D eigenvalue weighted by atomic mass is 14.7. The predicted molar refractivity (Wildman–Crippen MR) is 43.0 cm³/mol. The van der Waals surface area contributed by atoms with Gasteiger partial charge in [0, 0.05) is 12.6 Å². The van der Waals surface area contributed by atoms with Gasteiger partial charge in [0.1, 0.15) is 0 Å². The molecule has 0 amide bonds. The van der Waals surface area contributed by atoms with E-state index in [1.54, 1.807) is 0 Å². The number of hydrogen-bond acceptors (Lipinski definition) is 1. The normalized spacial score (nSPS) is 21.5. The molecule has 50 valence electrons. The van der Waals surface area contributed by atoms with Crippen LogP contribution in [-0.2, 0) is 0 Å². The molecule has 0 bridgehead atoms. The van der Waals surface area contributed by atoms with Crippen LogP contribution < -0.4 is 0 Å². The Kier molecular flexibility index (Phi) is 1.10. The minimum absolute atomic E-state index is 1.03. The van der Waals surface area contributed by atoms with Crippen molar-refractivity contribution in [3.8, 4) is 0 Å². The predicted octanol–water partition coefficient (Wildman–Crippen LogP) is 2.23. The van der Waals surface area contributed by atoms with Gasteiger partial charge in [-0.2, -0.15) is 0 Å². The second-order valence-corrected chi connectivity index (χ2v) is 2.70. The van der Waals surface area contributed by atoms with Gasteiger partial charge in [-0.1, -0.05) is 17.7 Å². The Hall–Kier alpha value is -1.11. The topological polar surface area (TPSA) is 12.4 Å². The summed E-state index contributed by atoms with van der Waals surface area (Å²) in [5.74, 6) is 0. The average Bonchev–Trinajstić information content (AvgIpc) is 2.33. The van der Waals surface area contributed by atoms with Crippen molar-refractivity contribution in [1.82, 2.24) is 0 Å². The molecule has 1 aliphatic heterocycles. The Morgan fingerprint density at radius 2 is 2.30 bits per heavy atom. The summed E-state index contributed by atoms with van der Waals surface area (Å²) >= 11 is 0. The van der Waals surface area contributed by atoms with Gasteiger partial charge >= 0.3 is 0 Å². The number of rotatable bonds is 0. The molecule has 0 unspecified atom stereocenters. The molecular weight excluding hydrogens is 122 g/mol. The van der Waals surface area contributed by atoms with Crippen molar-refractivity contribution in [2.75, 3.05) is 0 Å². The van der Waals surface area contributed by atoms with Gasteiger partial charge in [0.25, 0.3) is 0 Å². The third-order valence-corrected chi connectivity index (χ3v) is 1.81. The van der Waals surface area contributed by atoms with Gasteiger partial charge in [0.05, 0.1) is 5.71 Å². The van der Waals surface area contributed by atoms with Crippen LogP contribution in [0.4, 0.5) is 0 Å². The highest BCUT2D eigenvalue weighted by Gasteiger charge is 2.11. The summed E-state index contributed by atoms with van der Waals surface area (Å²) in [6.45, 7) is 2.13. The molecule has 0 aromatic carbocycles. The Balaban J connectivity index is 2.42. The average molecular weight is 131 g/mol. The summed E-state index contributed by atoms with van der Waals surface area (Å²) < 4.78 is 0. The van der Waals surface area contributed by atoms with Crippen LogP contribution in [0, 0.1) is 0 Å². The fraction of sp³-hybridized carbons (Fsp3) is 0.222. The van der Waals surface area contributed by atoms with Crippen molar-refractivity contribution in [2.24, 2.45) is 4.99 Å². The van der Waals surface area contributed by atoms with Crippen molar-refractivity contribution >= 4 is 5.71 Å². The summed E-state index contributed by atoms with van der Waals surface area (Å²) in [5, 5.41) is 0. The van der Waals surface area contributed by atoms with Crippen LogP contribution in [-0.4, -0.2) is 5.71 Å². The lowest BCUT2D eigenvalue weighted by atomic mass is 9.98. The maximum atomic E-state index is 4.24. The van der Waals surface area contributed by atoms with E-state index in [-0.39, 0.29) is 0 Å². The summed E-state index contributed by atoms with van der Waals surface area (Å²) in [5.41, 5.74) is 3.90. The third kappa shape index (κ3) is 0.747. The second-order valence-electron chi connectivity index (χ2n) is 2.70. The molecule has 0 radical (unpaired) electrons. The second kappa shape index (κ2) is 1.94. The van der Waals surface area contributed by atoms with Crippen LogP contribution in [0.1, 0.15) is 13.3 Å². The first-order chi connectivity index (χ1) is 4.86. The van der Waals surface area contributed by atoms with Crippen molar-refractivity contribution in [3.05, 3.63) is 35.6 Å². The Labute approximate surface area is 60.5 Å². The number of allylic oxidation sites excluding steroid dienone is 5. The smallest absolute Gasteiger partial charge is 0.0516 e. The van der Waals surface area contributed by atoms with Gasteiger partial charge in [-0.05, 0) is 18.6 Å². The molecule has 0 N–H and O–H groups in total. The molecule has 1 aliphatic carbocycles. The van der Waals surface area contributed by atoms with Crippen LogP contribution in [0.15, 0.2) is 40.6 Å². The fourth-order valence-electron chi connectivity index (χ4n) is 1.23. The van der Waals surface area contributed by atoms with Crippen molar-refractivity contribution in [3.63, 3.8) is 0 Å². The number of nitrogens with zero attached hydrogens (tertiary/aromatic N) is 1. The number of fused-ring (bicyclic) bond motifs is 1. The zero-order valence-electron chi connectivity index (χ0n) is 5.96. The Morgan fingerprint density at radius 1 is 1.40 bits per heavy atom. The molecule has 0 saturated carbocycles. The van der Waals surface area contributed by atoms with Gasteiger partial charge in [-0.3, -0.25) is 4.99 Å². The lowest BCUT2D eigenvalue weighted by molar-refractivity contribution is 1.24. The lowest BCUT2D eigenvalue weighted by Crippen LogP contribution is -2.01. The molecule has 2 aliphatic rings. The quantitative estimate of drug-likeness (QED) is 0.478. The van der Waals surface area contributed by atoms with E-state index in [4.69, 9.17) is 0 Å². The van der Waals surface area contributed by atoms with Gasteiger partial charge in [-0.15, -0.1) is 0 Å². The molecule has 10 heavy (non-hydrogen) atoms.